The molecule has 0 bridgehead atoms. The van der Waals surface area contributed by atoms with Gasteiger partial charge in [0.15, 0.2) is 0 Å². The molecule has 11 heteroatoms. The van der Waals surface area contributed by atoms with E-state index in [1.54, 1.807) is 42.1 Å². The Kier molecular flexibility index (Phi) is 6.99. The fourth-order valence-electron chi connectivity index (χ4n) is 5.28. The third-order valence-corrected chi connectivity index (χ3v) is 8.81. The fraction of sp³-hybridized carbons (Fsp3) is 0.207. The molecule has 1 saturated heterocycles. The normalized spacial score (nSPS) is 15.2. The van der Waals surface area contributed by atoms with Gasteiger partial charge < -0.3 is 14.2 Å². The number of piperazine rings is 1. The summed E-state index contributed by atoms with van der Waals surface area (Å²) >= 11 is 7.29. The smallest absolute Gasteiger partial charge is 0.293 e. The number of thiocarbonyl (C=S) groups is 1. The highest BCUT2D eigenvalue weighted by Gasteiger charge is 2.38. The minimum Gasteiger partial charge on any atom is -0.467 e. The minimum absolute atomic E-state index is 0.0554. The molecule has 2 amide bonds. The minimum atomic E-state index is -0.578. The van der Waals surface area contributed by atoms with Crippen molar-refractivity contribution in [2.75, 3.05) is 31.1 Å². The Morgan fingerprint density at radius 2 is 1.70 bits per heavy atom. The highest BCUT2D eigenvalue weighted by molar-refractivity contribution is 8.22. The number of nitro benzene ring substituents is 1. The van der Waals surface area contributed by atoms with Crippen LogP contribution < -0.4 is 4.90 Å². The van der Waals surface area contributed by atoms with Gasteiger partial charge in [-0.1, -0.05) is 66.4 Å². The van der Waals surface area contributed by atoms with Crippen LogP contribution in [-0.2, 0) is 12.3 Å². The van der Waals surface area contributed by atoms with Crippen LogP contribution in [0.3, 0.4) is 0 Å². The Morgan fingerprint density at radius 3 is 2.40 bits per heavy atom. The molecule has 2 aliphatic heterocycles. The molecule has 0 unspecified atom stereocenters. The molecule has 1 fully saturated rings. The molecule has 9 nitrogen and oxygen atoms in total. The zero-order valence-electron chi connectivity index (χ0n) is 21.3. The third kappa shape index (κ3) is 4.71. The van der Waals surface area contributed by atoms with Gasteiger partial charge in [-0.05, 0) is 23.8 Å². The first-order valence-corrected chi connectivity index (χ1v) is 14.1. The second-order valence-corrected chi connectivity index (χ2v) is 11.2. The van der Waals surface area contributed by atoms with Crippen molar-refractivity contribution in [2.45, 2.75) is 12.3 Å². The topological polar surface area (TPSA) is 100 Å². The van der Waals surface area contributed by atoms with Crippen LogP contribution in [0.1, 0.15) is 32.0 Å². The molecule has 4 aromatic rings. The maximum atomic E-state index is 13.5. The van der Waals surface area contributed by atoms with Crippen LogP contribution in [0.2, 0.25) is 0 Å². The van der Waals surface area contributed by atoms with Crippen molar-refractivity contribution >= 4 is 62.3 Å². The zero-order valence-corrected chi connectivity index (χ0v) is 23.0. The first-order valence-electron chi connectivity index (χ1n) is 12.8. The summed E-state index contributed by atoms with van der Waals surface area (Å²) in [6.07, 6.45) is 1.47. The van der Waals surface area contributed by atoms with Crippen molar-refractivity contribution in [2.24, 2.45) is 0 Å². The lowest BCUT2D eigenvalue weighted by molar-refractivity contribution is -0.384. The number of rotatable bonds is 6. The van der Waals surface area contributed by atoms with Crippen LogP contribution in [0.15, 0.2) is 77.4 Å². The number of amides is 2. The van der Waals surface area contributed by atoms with E-state index in [1.807, 2.05) is 23.1 Å². The molecule has 6 rings (SSSR count). The molecule has 3 aromatic carbocycles. The lowest BCUT2D eigenvalue weighted by Gasteiger charge is -2.37. The SMILES string of the molecule is O=C1c2cccc3c(N4CCN(C(=S)SCc5ccccc5)CC4)c([N+](=O)[O-])cc(c23)C(=O)N1Cc1ccco1. The molecule has 0 atom stereocenters. The number of thioether (sulfide) groups is 1. The van der Waals surface area contributed by atoms with E-state index in [0.29, 0.717) is 54.0 Å². The van der Waals surface area contributed by atoms with Gasteiger partial charge in [0.1, 0.15) is 15.8 Å². The largest absolute Gasteiger partial charge is 0.467 e. The Morgan fingerprint density at radius 1 is 0.950 bits per heavy atom. The number of hydrogen-bond donors (Lipinski definition) is 0. The van der Waals surface area contributed by atoms with Crippen LogP contribution in [0.5, 0.6) is 0 Å². The fourth-order valence-corrected chi connectivity index (χ4v) is 6.49. The highest BCUT2D eigenvalue weighted by Crippen LogP contribution is 2.43. The standard InChI is InChI=1S/C29H24N4O5S2/c34-27-22-10-4-9-21-25(22)23(28(35)32(27)17-20-8-5-15-38-20)16-24(33(36)37)26(21)30-11-13-31(14-12-30)29(39)40-18-19-6-2-1-3-7-19/h1-10,15-16H,11-14,17-18H2. The van der Waals surface area contributed by atoms with Gasteiger partial charge in [-0.3, -0.25) is 24.6 Å². The van der Waals surface area contributed by atoms with E-state index < -0.39 is 16.7 Å². The van der Waals surface area contributed by atoms with Crippen LogP contribution in [0, 0.1) is 10.1 Å². The quantitative estimate of drug-likeness (QED) is 0.129. The van der Waals surface area contributed by atoms with Crippen molar-refractivity contribution in [1.82, 2.24) is 9.80 Å². The van der Waals surface area contributed by atoms with Crippen LogP contribution in [-0.4, -0.2) is 57.0 Å². The summed E-state index contributed by atoms with van der Waals surface area (Å²) in [7, 11) is 0. The molecule has 3 heterocycles. The number of anilines is 1. The van der Waals surface area contributed by atoms with Crippen molar-refractivity contribution in [1.29, 1.82) is 0 Å². The summed E-state index contributed by atoms with van der Waals surface area (Å²) in [5.41, 5.74) is 1.94. The predicted molar refractivity (Wildman–Crippen MR) is 158 cm³/mol. The van der Waals surface area contributed by atoms with Gasteiger partial charge in [0, 0.05) is 54.3 Å². The number of benzene rings is 3. The molecular weight excluding hydrogens is 548 g/mol. The second kappa shape index (κ2) is 10.7. The van der Waals surface area contributed by atoms with E-state index >= 15 is 0 Å². The van der Waals surface area contributed by atoms with Crippen molar-refractivity contribution < 1.29 is 18.9 Å². The van der Waals surface area contributed by atoms with Crippen LogP contribution in [0.25, 0.3) is 10.8 Å². The summed E-state index contributed by atoms with van der Waals surface area (Å²) in [6.45, 7) is 2.18. The second-order valence-electron chi connectivity index (χ2n) is 9.57. The maximum absolute atomic E-state index is 13.5. The molecule has 202 valence electrons. The number of hydrogen-bond acceptors (Lipinski definition) is 8. The first kappa shape index (κ1) is 26.0. The zero-order chi connectivity index (χ0) is 27.8. The van der Waals surface area contributed by atoms with E-state index in [2.05, 4.69) is 17.0 Å². The molecule has 0 spiro atoms. The monoisotopic (exact) mass is 572 g/mol. The van der Waals surface area contributed by atoms with E-state index in [4.69, 9.17) is 16.6 Å². The number of imide groups is 1. The van der Waals surface area contributed by atoms with Gasteiger partial charge in [0.05, 0.1) is 23.3 Å². The summed E-state index contributed by atoms with van der Waals surface area (Å²) in [4.78, 5) is 43.9. The van der Waals surface area contributed by atoms with Gasteiger partial charge in [-0.25, -0.2) is 0 Å². The van der Waals surface area contributed by atoms with Gasteiger partial charge >= 0.3 is 0 Å². The van der Waals surface area contributed by atoms with Crippen molar-refractivity contribution in [3.8, 4) is 0 Å². The number of carbonyl (C=O) groups is 2. The van der Waals surface area contributed by atoms with Gasteiger partial charge in [-0.15, -0.1) is 0 Å². The number of nitrogens with zero attached hydrogens (tertiary/aromatic N) is 4. The molecule has 2 aliphatic rings. The highest BCUT2D eigenvalue weighted by atomic mass is 32.2. The summed E-state index contributed by atoms with van der Waals surface area (Å²) in [5.74, 6) is 0.190. The van der Waals surface area contributed by atoms with Crippen molar-refractivity contribution in [3.05, 3.63) is 106 Å². The number of nitro groups is 1. The Labute approximate surface area is 239 Å². The molecule has 0 saturated carbocycles. The maximum Gasteiger partial charge on any atom is 0.293 e. The predicted octanol–water partition coefficient (Wildman–Crippen LogP) is 5.48. The average Bonchev–Trinajstić information content (AvgIpc) is 3.50. The van der Waals surface area contributed by atoms with Gasteiger partial charge in [0.25, 0.3) is 17.5 Å². The van der Waals surface area contributed by atoms with E-state index in [1.165, 1.54) is 17.9 Å². The van der Waals surface area contributed by atoms with Crippen LogP contribution in [0.4, 0.5) is 11.4 Å². The molecule has 40 heavy (non-hydrogen) atoms. The van der Waals surface area contributed by atoms with E-state index in [-0.39, 0.29) is 17.8 Å². The lowest BCUT2D eigenvalue weighted by Crippen LogP contribution is -2.48. The Bertz CT molecular complexity index is 1630. The van der Waals surface area contributed by atoms with E-state index in [9.17, 15) is 19.7 Å². The molecule has 0 aliphatic carbocycles. The average molecular weight is 573 g/mol. The first-order chi connectivity index (χ1) is 19.4. The molecule has 0 radical (unpaired) electrons. The Balaban J connectivity index is 1.29. The number of furan rings is 1. The summed E-state index contributed by atoms with van der Waals surface area (Å²) in [5, 5.41) is 13.3. The van der Waals surface area contributed by atoms with Gasteiger partial charge in [-0.2, -0.15) is 0 Å². The van der Waals surface area contributed by atoms with Gasteiger partial charge in [0.2, 0.25) is 0 Å². The van der Waals surface area contributed by atoms with E-state index in [0.717, 1.165) is 15.0 Å². The summed E-state index contributed by atoms with van der Waals surface area (Å²) < 4.78 is 6.14. The molecular formula is C29H24N4O5S2. The molecule has 1 aromatic heterocycles. The molecule has 0 N–H and O–H groups in total. The summed E-state index contributed by atoms with van der Waals surface area (Å²) in [6, 6.07) is 19.9. The number of carbonyl (C=O) groups excluding carboxylic acids is 2. The van der Waals surface area contributed by atoms with Crippen molar-refractivity contribution in [3.63, 3.8) is 0 Å². The van der Waals surface area contributed by atoms with Crippen LogP contribution >= 0.6 is 24.0 Å². The lowest BCUT2D eigenvalue weighted by atomic mass is 9.91. The third-order valence-electron chi connectivity index (χ3n) is 7.21. The Hall–Kier alpha value is -4.22.